The lowest BCUT2D eigenvalue weighted by molar-refractivity contribution is -0.136. The van der Waals surface area contributed by atoms with E-state index in [2.05, 4.69) is 0 Å². The highest BCUT2D eigenvalue weighted by Gasteiger charge is 2.44. The van der Waals surface area contributed by atoms with E-state index in [1.54, 1.807) is 0 Å². The van der Waals surface area contributed by atoms with E-state index < -0.39 is 40.4 Å². The standard InChI is InChI=1S/C12H12F3NO2.ClH/c13-6-4-7(10(15)8(14)5-6)12(16)3-1-2-9(17)11(12)18;/h4-5,9,17H,1-3,16H2;1H. The summed E-state index contributed by atoms with van der Waals surface area (Å²) in [5.41, 5.74) is 3.36. The summed E-state index contributed by atoms with van der Waals surface area (Å²) in [6, 6.07) is 1.08. The van der Waals surface area contributed by atoms with E-state index in [9.17, 15) is 23.1 Å². The molecule has 0 amide bonds. The highest BCUT2D eigenvalue weighted by atomic mass is 35.5. The first-order valence-electron chi connectivity index (χ1n) is 5.52. The molecule has 3 nitrogen and oxygen atoms in total. The first-order chi connectivity index (χ1) is 8.36. The van der Waals surface area contributed by atoms with E-state index in [0.29, 0.717) is 18.6 Å². The minimum atomic E-state index is -1.87. The number of hydrogen-bond donors (Lipinski definition) is 2. The Kier molecular flexibility index (Phi) is 4.60. The van der Waals surface area contributed by atoms with Crippen LogP contribution in [-0.4, -0.2) is 17.0 Å². The van der Waals surface area contributed by atoms with Crippen LogP contribution in [0.2, 0.25) is 0 Å². The number of benzene rings is 1. The number of halogens is 4. The number of hydrogen-bond acceptors (Lipinski definition) is 3. The molecule has 1 aromatic carbocycles. The van der Waals surface area contributed by atoms with Crippen LogP contribution in [-0.2, 0) is 10.3 Å². The van der Waals surface area contributed by atoms with E-state index in [0.717, 1.165) is 0 Å². The minimum Gasteiger partial charge on any atom is -0.385 e. The molecule has 0 aliphatic heterocycles. The topological polar surface area (TPSA) is 63.3 Å². The molecule has 1 aliphatic rings. The maximum atomic E-state index is 13.7. The van der Waals surface area contributed by atoms with Crippen molar-refractivity contribution in [3.63, 3.8) is 0 Å². The van der Waals surface area contributed by atoms with Crippen molar-refractivity contribution in [2.75, 3.05) is 0 Å². The van der Waals surface area contributed by atoms with E-state index in [4.69, 9.17) is 5.73 Å². The predicted molar refractivity (Wildman–Crippen MR) is 64.3 cm³/mol. The summed E-state index contributed by atoms with van der Waals surface area (Å²) in [5, 5.41) is 9.46. The summed E-state index contributed by atoms with van der Waals surface area (Å²) < 4.78 is 39.9. The molecule has 1 aromatic rings. The van der Waals surface area contributed by atoms with Gasteiger partial charge in [-0.15, -0.1) is 12.4 Å². The fourth-order valence-corrected chi connectivity index (χ4v) is 2.27. The lowest BCUT2D eigenvalue weighted by atomic mass is 9.75. The third-order valence-corrected chi connectivity index (χ3v) is 3.26. The van der Waals surface area contributed by atoms with Crippen LogP contribution < -0.4 is 5.73 Å². The molecule has 0 radical (unpaired) electrons. The summed E-state index contributed by atoms with van der Waals surface area (Å²) in [4.78, 5) is 11.8. The van der Waals surface area contributed by atoms with Crippen molar-refractivity contribution in [2.45, 2.75) is 30.9 Å². The van der Waals surface area contributed by atoms with Crippen molar-refractivity contribution < 1.29 is 23.1 Å². The lowest BCUT2D eigenvalue weighted by Crippen LogP contribution is -2.53. The van der Waals surface area contributed by atoms with Crippen molar-refractivity contribution in [1.29, 1.82) is 0 Å². The zero-order chi connectivity index (χ0) is 13.5. The molecule has 106 valence electrons. The van der Waals surface area contributed by atoms with Crippen molar-refractivity contribution in [3.8, 4) is 0 Å². The third kappa shape index (κ3) is 2.61. The number of nitrogens with two attached hydrogens (primary N) is 1. The quantitative estimate of drug-likeness (QED) is 0.777. The van der Waals surface area contributed by atoms with Crippen molar-refractivity contribution in [2.24, 2.45) is 5.73 Å². The molecule has 7 heteroatoms. The maximum Gasteiger partial charge on any atom is 0.185 e. The first-order valence-corrected chi connectivity index (χ1v) is 5.52. The SMILES string of the molecule is Cl.NC1(c2cc(F)cc(F)c2F)CCCC(O)C1=O. The first kappa shape index (κ1) is 15.9. The van der Waals surface area contributed by atoms with Gasteiger partial charge in [-0.3, -0.25) is 4.79 Å². The lowest BCUT2D eigenvalue weighted by Gasteiger charge is -2.34. The summed E-state index contributed by atoms with van der Waals surface area (Å²) in [5.74, 6) is -4.57. The summed E-state index contributed by atoms with van der Waals surface area (Å²) >= 11 is 0. The van der Waals surface area contributed by atoms with Gasteiger partial charge in [0.05, 0.1) is 0 Å². The molecule has 0 heterocycles. The van der Waals surface area contributed by atoms with Gasteiger partial charge >= 0.3 is 0 Å². The molecule has 2 rings (SSSR count). The smallest absolute Gasteiger partial charge is 0.185 e. The Morgan fingerprint density at radius 3 is 2.58 bits per heavy atom. The second kappa shape index (κ2) is 5.48. The van der Waals surface area contributed by atoms with Crippen LogP contribution in [0, 0.1) is 17.5 Å². The molecule has 0 spiro atoms. The zero-order valence-corrected chi connectivity index (χ0v) is 10.6. The molecule has 3 N–H and O–H groups in total. The van der Waals surface area contributed by atoms with Crippen LogP contribution in [0.25, 0.3) is 0 Å². The van der Waals surface area contributed by atoms with Crippen LogP contribution in [0.4, 0.5) is 13.2 Å². The van der Waals surface area contributed by atoms with Gasteiger partial charge in [0.2, 0.25) is 0 Å². The Hall–Kier alpha value is -1.11. The molecule has 0 aromatic heterocycles. The minimum absolute atomic E-state index is 0. The molecular weight excluding hydrogens is 283 g/mol. The van der Waals surface area contributed by atoms with Crippen LogP contribution in [0.3, 0.4) is 0 Å². The number of ketones is 1. The Balaban J connectivity index is 0.00000180. The number of aliphatic hydroxyl groups is 1. The summed E-state index contributed by atoms with van der Waals surface area (Å²) in [7, 11) is 0. The van der Waals surface area contributed by atoms with Gasteiger partial charge in [-0.2, -0.15) is 0 Å². The second-order valence-electron chi connectivity index (χ2n) is 4.49. The number of aliphatic hydroxyl groups excluding tert-OH is 1. The van der Waals surface area contributed by atoms with E-state index in [1.807, 2.05) is 0 Å². The molecule has 2 atom stereocenters. The summed E-state index contributed by atoms with van der Waals surface area (Å²) in [6.07, 6.45) is -0.685. The molecule has 2 unspecified atom stereocenters. The molecule has 0 bridgehead atoms. The normalized spacial score (nSPS) is 27.0. The van der Waals surface area contributed by atoms with Gasteiger partial charge in [0.1, 0.15) is 17.5 Å². The van der Waals surface area contributed by atoms with Gasteiger partial charge < -0.3 is 10.8 Å². The number of Topliss-reactive ketones (excluding diaryl/α,β-unsaturated/α-hetero) is 1. The molecule has 1 aliphatic carbocycles. The average Bonchev–Trinajstić information content (AvgIpc) is 2.30. The average molecular weight is 296 g/mol. The highest BCUT2D eigenvalue weighted by Crippen LogP contribution is 2.34. The fraction of sp³-hybridized carbons (Fsp3) is 0.417. The van der Waals surface area contributed by atoms with Crippen LogP contribution in [0.5, 0.6) is 0 Å². The molecule has 1 fully saturated rings. The van der Waals surface area contributed by atoms with Gasteiger partial charge in [0.15, 0.2) is 17.4 Å². The second-order valence-corrected chi connectivity index (χ2v) is 4.49. The number of rotatable bonds is 1. The maximum absolute atomic E-state index is 13.7. The molecule has 19 heavy (non-hydrogen) atoms. The zero-order valence-electron chi connectivity index (χ0n) is 9.83. The Morgan fingerprint density at radius 2 is 1.95 bits per heavy atom. The van der Waals surface area contributed by atoms with E-state index in [1.165, 1.54) is 0 Å². The van der Waals surface area contributed by atoms with Gasteiger partial charge in [-0.1, -0.05) is 0 Å². The summed E-state index contributed by atoms with van der Waals surface area (Å²) in [6.45, 7) is 0. The van der Waals surface area contributed by atoms with Gasteiger partial charge in [0.25, 0.3) is 0 Å². The van der Waals surface area contributed by atoms with Crippen molar-refractivity contribution in [3.05, 3.63) is 35.1 Å². The Morgan fingerprint density at radius 1 is 1.32 bits per heavy atom. The predicted octanol–water partition coefficient (Wildman–Crippen LogP) is 1.79. The molecular formula is C12H13ClF3NO2. The Labute approximate surface area is 114 Å². The largest absolute Gasteiger partial charge is 0.385 e. The highest BCUT2D eigenvalue weighted by molar-refractivity contribution is 5.93. The van der Waals surface area contributed by atoms with Gasteiger partial charge in [0, 0.05) is 11.6 Å². The number of carbonyl (C=O) groups is 1. The fourth-order valence-electron chi connectivity index (χ4n) is 2.27. The van der Waals surface area contributed by atoms with E-state index >= 15 is 0 Å². The van der Waals surface area contributed by atoms with Crippen molar-refractivity contribution >= 4 is 18.2 Å². The number of carbonyl (C=O) groups excluding carboxylic acids is 1. The molecule has 0 saturated heterocycles. The third-order valence-electron chi connectivity index (χ3n) is 3.26. The van der Waals surface area contributed by atoms with Crippen LogP contribution >= 0.6 is 12.4 Å². The van der Waals surface area contributed by atoms with Gasteiger partial charge in [-0.05, 0) is 25.3 Å². The van der Waals surface area contributed by atoms with Gasteiger partial charge in [-0.25, -0.2) is 13.2 Å². The Bertz CT molecular complexity index is 512. The van der Waals surface area contributed by atoms with Crippen LogP contribution in [0.15, 0.2) is 12.1 Å². The molecule has 1 saturated carbocycles. The monoisotopic (exact) mass is 295 g/mol. The van der Waals surface area contributed by atoms with Crippen molar-refractivity contribution in [1.82, 2.24) is 0 Å². The van der Waals surface area contributed by atoms with Crippen LogP contribution in [0.1, 0.15) is 24.8 Å². The van der Waals surface area contributed by atoms with E-state index in [-0.39, 0.29) is 25.2 Å².